The molecule has 5 rings (SSSR count). The van der Waals surface area contributed by atoms with Gasteiger partial charge in [0.1, 0.15) is 17.4 Å². The highest BCUT2D eigenvalue weighted by atomic mass is 32.2. The van der Waals surface area contributed by atoms with Crippen LogP contribution in [0.15, 0.2) is 71.6 Å². The van der Waals surface area contributed by atoms with E-state index in [2.05, 4.69) is 35.1 Å². The highest BCUT2D eigenvalue weighted by molar-refractivity contribution is 7.92. The zero-order valence-electron chi connectivity index (χ0n) is 23.0. The van der Waals surface area contributed by atoms with Crippen molar-refractivity contribution in [3.8, 4) is 17.0 Å². The fourth-order valence-corrected chi connectivity index (χ4v) is 5.78. The average molecular weight is 574 g/mol. The number of para-hydroxylation sites is 1. The van der Waals surface area contributed by atoms with Crippen LogP contribution in [0.5, 0.6) is 5.75 Å². The highest BCUT2D eigenvalue weighted by Crippen LogP contribution is 2.29. The third-order valence-corrected chi connectivity index (χ3v) is 8.23. The second-order valence-electron chi connectivity index (χ2n) is 9.80. The van der Waals surface area contributed by atoms with Crippen LogP contribution in [0.1, 0.15) is 24.4 Å². The Balaban J connectivity index is 1.15. The van der Waals surface area contributed by atoms with Crippen LogP contribution in [0, 0.1) is 19.8 Å². The van der Waals surface area contributed by atoms with Crippen LogP contribution in [0.3, 0.4) is 0 Å². The molecule has 2 aromatic carbocycles. The van der Waals surface area contributed by atoms with Gasteiger partial charge < -0.3 is 15.0 Å². The van der Waals surface area contributed by atoms with Gasteiger partial charge >= 0.3 is 0 Å². The third kappa shape index (κ3) is 6.60. The fourth-order valence-electron chi connectivity index (χ4n) is 4.79. The molecule has 12 heteroatoms. The number of nitrogens with one attached hydrogen (secondary N) is 2. The highest BCUT2D eigenvalue weighted by Gasteiger charge is 2.26. The quantitative estimate of drug-likeness (QED) is 0.317. The van der Waals surface area contributed by atoms with Crippen LogP contribution in [-0.2, 0) is 14.8 Å². The summed E-state index contributed by atoms with van der Waals surface area (Å²) in [6.45, 7) is 4.81. The van der Waals surface area contributed by atoms with Crippen LogP contribution in [-0.4, -0.2) is 54.7 Å². The van der Waals surface area contributed by atoms with E-state index in [1.165, 1.54) is 12.1 Å². The molecule has 212 valence electrons. The number of aromatic nitrogens is 4. The molecule has 0 spiro atoms. The molecular formula is C29H31N7O4S. The van der Waals surface area contributed by atoms with Crippen molar-refractivity contribution < 1.29 is 17.9 Å². The molecule has 1 aliphatic rings. The Morgan fingerprint density at radius 2 is 1.68 bits per heavy atom. The van der Waals surface area contributed by atoms with Crippen LogP contribution in [0.4, 0.5) is 17.3 Å². The number of piperidine rings is 1. The van der Waals surface area contributed by atoms with Gasteiger partial charge in [0.2, 0.25) is 5.91 Å². The molecule has 41 heavy (non-hydrogen) atoms. The second-order valence-corrected chi connectivity index (χ2v) is 11.5. The summed E-state index contributed by atoms with van der Waals surface area (Å²) in [7, 11) is -2.22. The number of benzene rings is 2. The number of methoxy groups -OCH3 is 1. The lowest BCUT2D eigenvalue weighted by molar-refractivity contribution is -0.120. The molecule has 0 radical (unpaired) electrons. The van der Waals surface area contributed by atoms with Gasteiger partial charge in [-0.05, 0) is 75.2 Å². The van der Waals surface area contributed by atoms with Crippen molar-refractivity contribution in [1.29, 1.82) is 0 Å². The van der Waals surface area contributed by atoms with Crippen molar-refractivity contribution >= 4 is 33.3 Å². The van der Waals surface area contributed by atoms with E-state index in [0.717, 1.165) is 22.8 Å². The van der Waals surface area contributed by atoms with Gasteiger partial charge in [0.15, 0.2) is 5.82 Å². The number of sulfonamides is 1. The van der Waals surface area contributed by atoms with Crippen molar-refractivity contribution in [2.75, 3.05) is 35.1 Å². The van der Waals surface area contributed by atoms with E-state index >= 15 is 0 Å². The Morgan fingerprint density at radius 1 is 0.951 bits per heavy atom. The van der Waals surface area contributed by atoms with E-state index in [1.54, 1.807) is 39.2 Å². The Bertz CT molecular complexity index is 1620. The van der Waals surface area contributed by atoms with E-state index in [9.17, 15) is 13.2 Å². The van der Waals surface area contributed by atoms with Crippen LogP contribution in [0.2, 0.25) is 0 Å². The first-order valence-corrected chi connectivity index (χ1v) is 14.7. The summed E-state index contributed by atoms with van der Waals surface area (Å²) in [6.07, 6.45) is 1.33. The first-order chi connectivity index (χ1) is 19.7. The number of carbonyl (C=O) groups is 1. The summed E-state index contributed by atoms with van der Waals surface area (Å²) in [4.78, 5) is 23.4. The molecule has 1 aliphatic heterocycles. The van der Waals surface area contributed by atoms with E-state index in [1.807, 2.05) is 36.4 Å². The molecule has 4 aromatic rings. The lowest BCUT2D eigenvalue weighted by Crippen LogP contribution is -2.38. The van der Waals surface area contributed by atoms with Crippen LogP contribution >= 0.6 is 0 Å². The first-order valence-electron chi connectivity index (χ1n) is 13.2. The standard InChI is InChI=1S/C29H31N7O4S/c1-19-18-27(31-20(2)30-19)35-41(38,39)23-10-8-22(9-11-23)32-29(37)21-14-16-36(17-15-21)28-13-12-25(33-34-28)24-6-4-5-7-26(24)40-3/h4-13,18,21H,14-17H2,1-3H3,(H,32,37)(H,30,31,35). The predicted molar refractivity (Wildman–Crippen MR) is 156 cm³/mol. The number of amides is 1. The van der Waals surface area contributed by atoms with Gasteiger partial charge in [0, 0.05) is 42.0 Å². The van der Waals surface area contributed by atoms with E-state index in [4.69, 9.17) is 4.74 Å². The van der Waals surface area contributed by atoms with Gasteiger partial charge in [-0.15, -0.1) is 10.2 Å². The molecule has 1 amide bonds. The number of ether oxygens (including phenoxy) is 1. The normalized spacial score (nSPS) is 14.0. The molecular weight excluding hydrogens is 542 g/mol. The minimum Gasteiger partial charge on any atom is -0.496 e. The van der Waals surface area contributed by atoms with Crippen LogP contribution < -0.4 is 19.7 Å². The molecule has 11 nitrogen and oxygen atoms in total. The Kier molecular flexibility index (Phi) is 8.11. The Hall–Kier alpha value is -4.58. The largest absolute Gasteiger partial charge is 0.496 e. The fraction of sp³-hybridized carbons (Fsp3) is 0.276. The van der Waals surface area contributed by atoms with Gasteiger partial charge in [-0.25, -0.2) is 18.4 Å². The maximum absolute atomic E-state index is 12.9. The number of hydrogen-bond acceptors (Lipinski definition) is 9. The van der Waals surface area contributed by atoms with Crippen LogP contribution in [0.25, 0.3) is 11.3 Å². The van der Waals surface area contributed by atoms with Gasteiger partial charge in [-0.3, -0.25) is 9.52 Å². The minimum atomic E-state index is -3.84. The molecule has 2 N–H and O–H groups in total. The van der Waals surface area contributed by atoms with Crippen molar-refractivity contribution in [3.63, 3.8) is 0 Å². The first kappa shape index (κ1) is 28.0. The second kappa shape index (κ2) is 11.9. The Labute approximate surface area is 239 Å². The molecule has 0 atom stereocenters. The SMILES string of the molecule is COc1ccccc1-c1ccc(N2CCC(C(=O)Nc3ccc(S(=O)(=O)Nc4cc(C)nc(C)n4)cc3)CC2)nn1. The van der Waals surface area contributed by atoms with E-state index in [-0.39, 0.29) is 22.5 Å². The number of nitrogens with zero attached hydrogens (tertiary/aromatic N) is 5. The van der Waals surface area contributed by atoms with E-state index < -0.39 is 10.0 Å². The minimum absolute atomic E-state index is 0.0653. The van der Waals surface area contributed by atoms with Crippen molar-refractivity contribution in [3.05, 3.63) is 78.2 Å². The lowest BCUT2D eigenvalue weighted by atomic mass is 9.96. The molecule has 0 unspecified atom stereocenters. The summed E-state index contributed by atoms with van der Waals surface area (Å²) in [5.74, 6) is 1.92. The van der Waals surface area contributed by atoms with Gasteiger partial charge in [0.05, 0.1) is 17.7 Å². The number of aryl methyl sites for hydroxylation is 2. The summed E-state index contributed by atoms with van der Waals surface area (Å²) in [5, 5.41) is 11.7. The zero-order valence-corrected chi connectivity index (χ0v) is 23.9. The molecule has 0 bridgehead atoms. The smallest absolute Gasteiger partial charge is 0.263 e. The maximum Gasteiger partial charge on any atom is 0.263 e. The molecule has 1 saturated heterocycles. The number of hydrogen-bond donors (Lipinski definition) is 2. The molecule has 2 aromatic heterocycles. The van der Waals surface area contributed by atoms with Crippen molar-refractivity contribution in [2.45, 2.75) is 31.6 Å². The zero-order chi connectivity index (χ0) is 29.0. The molecule has 3 heterocycles. The summed E-state index contributed by atoms with van der Waals surface area (Å²) in [6, 6.07) is 19.2. The van der Waals surface area contributed by atoms with Crippen molar-refractivity contribution in [1.82, 2.24) is 20.2 Å². The predicted octanol–water partition coefficient (Wildman–Crippen LogP) is 4.21. The van der Waals surface area contributed by atoms with E-state index in [0.29, 0.717) is 43.1 Å². The number of carbonyl (C=O) groups excluding carboxylic acids is 1. The van der Waals surface area contributed by atoms with Crippen molar-refractivity contribution in [2.24, 2.45) is 5.92 Å². The summed E-state index contributed by atoms with van der Waals surface area (Å²) >= 11 is 0. The number of rotatable bonds is 8. The molecule has 1 fully saturated rings. The maximum atomic E-state index is 12.9. The topological polar surface area (TPSA) is 139 Å². The van der Waals surface area contributed by atoms with Gasteiger partial charge in [-0.1, -0.05) is 12.1 Å². The number of anilines is 3. The van der Waals surface area contributed by atoms with Gasteiger partial charge in [-0.2, -0.15) is 0 Å². The molecule has 0 saturated carbocycles. The third-order valence-electron chi connectivity index (χ3n) is 6.86. The Morgan fingerprint density at radius 3 is 2.34 bits per heavy atom. The lowest BCUT2D eigenvalue weighted by Gasteiger charge is -2.31. The summed E-state index contributed by atoms with van der Waals surface area (Å²) in [5.41, 5.74) is 2.80. The monoisotopic (exact) mass is 573 g/mol. The molecule has 0 aliphatic carbocycles. The average Bonchev–Trinajstić information content (AvgIpc) is 2.97. The van der Waals surface area contributed by atoms with Gasteiger partial charge in [0.25, 0.3) is 10.0 Å². The summed E-state index contributed by atoms with van der Waals surface area (Å²) < 4.78 is 33.5.